The molecule has 0 saturated carbocycles. The highest BCUT2D eigenvalue weighted by Crippen LogP contribution is 2.19. The van der Waals surface area contributed by atoms with Crippen LogP contribution in [-0.4, -0.2) is 55.6 Å². The Morgan fingerprint density at radius 1 is 1.48 bits per heavy atom. The lowest BCUT2D eigenvalue weighted by atomic mass is 10.1. The number of methoxy groups -OCH3 is 1. The second kappa shape index (κ2) is 7.52. The molecule has 0 spiro atoms. The highest BCUT2D eigenvalue weighted by molar-refractivity contribution is 5.82. The van der Waals surface area contributed by atoms with E-state index in [1.54, 1.807) is 30.2 Å². The van der Waals surface area contributed by atoms with Crippen molar-refractivity contribution in [3.05, 3.63) is 35.6 Å². The van der Waals surface area contributed by atoms with Crippen molar-refractivity contribution in [1.82, 2.24) is 9.80 Å². The fourth-order valence-corrected chi connectivity index (χ4v) is 2.73. The molecule has 116 valence electrons. The van der Waals surface area contributed by atoms with Gasteiger partial charge in [-0.3, -0.25) is 9.69 Å². The number of benzene rings is 1. The normalized spacial score (nSPS) is 18.9. The monoisotopic (exact) mass is 294 g/mol. The van der Waals surface area contributed by atoms with Crippen LogP contribution in [0.2, 0.25) is 0 Å². The van der Waals surface area contributed by atoms with E-state index < -0.39 is 0 Å². The average Bonchev–Trinajstić information content (AvgIpc) is 2.91. The predicted molar refractivity (Wildman–Crippen MR) is 79.3 cm³/mol. The van der Waals surface area contributed by atoms with Crippen LogP contribution in [0.15, 0.2) is 24.3 Å². The standard InChI is InChI=1S/C16H23FN2O2/c1-18-9-5-8-15(18)16(20)19(10-11-21-2)12-13-6-3-4-7-14(13)17/h3-4,6-7,15H,5,8-12H2,1-2H3/t15-/m0/s1. The summed E-state index contributed by atoms with van der Waals surface area (Å²) in [6.07, 6.45) is 1.90. The first-order valence-corrected chi connectivity index (χ1v) is 7.35. The van der Waals surface area contributed by atoms with Gasteiger partial charge in [0.25, 0.3) is 0 Å². The number of carbonyl (C=O) groups excluding carboxylic acids is 1. The van der Waals surface area contributed by atoms with Gasteiger partial charge in [-0.1, -0.05) is 18.2 Å². The first-order chi connectivity index (χ1) is 10.1. The number of hydrogen-bond donors (Lipinski definition) is 0. The maximum atomic E-state index is 13.8. The molecule has 0 aromatic heterocycles. The first-order valence-electron chi connectivity index (χ1n) is 7.35. The van der Waals surface area contributed by atoms with E-state index in [1.165, 1.54) is 6.07 Å². The van der Waals surface area contributed by atoms with E-state index >= 15 is 0 Å². The molecule has 1 amide bonds. The van der Waals surface area contributed by atoms with Crippen molar-refractivity contribution in [2.24, 2.45) is 0 Å². The molecule has 1 aliphatic rings. The molecule has 2 rings (SSSR count). The van der Waals surface area contributed by atoms with Gasteiger partial charge in [0, 0.05) is 25.8 Å². The minimum atomic E-state index is -0.271. The molecular weight excluding hydrogens is 271 g/mol. The van der Waals surface area contributed by atoms with Crippen LogP contribution in [0.5, 0.6) is 0 Å². The van der Waals surface area contributed by atoms with E-state index in [4.69, 9.17) is 4.74 Å². The van der Waals surface area contributed by atoms with Crippen molar-refractivity contribution in [1.29, 1.82) is 0 Å². The third-order valence-electron chi connectivity index (χ3n) is 4.00. The molecule has 1 saturated heterocycles. The summed E-state index contributed by atoms with van der Waals surface area (Å²) in [5, 5.41) is 0. The van der Waals surface area contributed by atoms with Gasteiger partial charge < -0.3 is 9.64 Å². The van der Waals surface area contributed by atoms with Gasteiger partial charge in [-0.25, -0.2) is 4.39 Å². The van der Waals surface area contributed by atoms with E-state index in [2.05, 4.69) is 4.90 Å². The van der Waals surface area contributed by atoms with Crippen LogP contribution in [0.1, 0.15) is 18.4 Å². The summed E-state index contributed by atoms with van der Waals surface area (Å²) in [6, 6.07) is 6.51. The van der Waals surface area contributed by atoms with Gasteiger partial charge in [-0.2, -0.15) is 0 Å². The Morgan fingerprint density at radius 2 is 2.24 bits per heavy atom. The third kappa shape index (κ3) is 4.02. The molecule has 0 N–H and O–H groups in total. The first kappa shape index (κ1) is 15.9. The Balaban J connectivity index is 2.10. The van der Waals surface area contributed by atoms with Gasteiger partial charge in [-0.15, -0.1) is 0 Å². The summed E-state index contributed by atoms with van der Waals surface area (Å²) in [5.41, 5.74) is 0.544. The largest absolute Gasteiger partial charge is 0.383 e. The Kier molecular flexibility index (Phi) is 5.70. The lowest BCUT2D eigenvalue weighted by molar-refractivity contribution is -0.136. The molecule has 4 nitrogen and oxygen atoms in total. The number of rotatable bonds is 6. The third-order valence-corrected chi connectivity index (χ3v) is 4.00. The zero-order valence-corrected chi connectivity index (χ0v) is 12.7. The summed E-state index contributed by atoms with van der Waals surface area (Å²) in [5.74, 6) is -0.206. The van der Waals surface area contributed by atoms with Crippen LogP contribution in [0.3, 0.4) is 0 Å². The zero-order chi connectivity index (χ0) is 15.2. The molecule has 0 unspecified atom stereocenters. The lowest BCUT2D eigenvalue weighted by Gasteiger charge is -2.28. The SMILES string of the molecule is COCCN(Cc1ccccc1F)C(=O)[C@@H]1CCCN1C. The Labute approximate surface area is 125 Å². The van der Waals surface area contributed by atoms with Crippen molar-refractivity contribution in [3.63, 3.8) is 0 Å². The Bertz CT molecular complexity index is 481. The number of halogens is 1. The van der Waals surface area contributed by atoms with Crippen molar-refractivity contribution in [2.75, 3.05) is 33.9 Å². The van der Waals surface area contributed by atoms with E-state index in [0.29, 0.717) is 25.3 Å². The number of likely N-dealkylation sites (tertiary alicyclic amines) is 1. The highest BCUT2D eigenvalue weighted by Gasteiger charge is 2.31. The maximum absolute atomic E-state index is 13.8. The van der Waals surface area contributed by atoms with Gasteiger partial charge >= 0.3 is 0 Å². The van der Waals surface area contributed by atoms with Crippen LogP contribution >= 0.6 is 0 Å². The smallest absolute Gasteiger partial charge is 0.240 e. The van der Waals surface area contributed by atoms with Crippen LogP contribution in [0, 0.1) is 5.82 Å². The molecule has 1 aromatic carbocycles. The van der Waals surface area contributed by atoms with Crippen molar-refractivity contribution in [3.8, 4) is 0 Å². The summed E-state index contributed by atoms with van der Waals surface area (Å²) in [4.78, 5) is 16.5. The van der Waals surface area contributed by atoms with Crippen molar-refractivity contribution >= 4 is 5.91 Å². The fraction of sp³-hybridized carbons (Fsp3) is 0.562. The topological polar surface area (TPSA) is 32.8 Å². The number of ether oxygens (including phenoxy) is 1. The summed E-state index contributed by atoms with van der Waals surface area (Å²) in [6.45, 7) is 2.16. The molecule has 21 heavy (non-hydrogen) atoms. The van der Waals surface area contributed by atoms with Gasteiger partial charge in [0.05, 0.1) is 12.6 Å². The van der Waals surface area contributed by atoms with Crippen LogP contribution in [0.4, 0.5) is 4.39 Å². The molecule has 1 heterocycles. The Hall–Kier alpha value is -1.46. The minimum absolute atomic E-state index is 0.0651. The maximum Gasteiger partial charge on any atom is 0.240 e. The Morgan fingerprint density at radius 3 is 2.86 bits per heavy atom. The van der Waals surface area contributed by atoms with Crippen LogP contribution in [0.25, 0.3) is 0 Å². The molecule has 1 fully saturated rings. The van der Waals surface area contributed by atoms with Gasteiger partial charge in [0.1, 0.15) is 5.82 Å². The van der Waals surface area contributed by atoms with Crippen LogP contribution in [-0.2, 0) is 16.1 Å². The van der Waals surface area contributed by atoms with Crippen LogP contribution < -0.4 is 0 Å². The lowest BCUT2D eigenvalue weighted by Crippen LogP contribution is -2.45. The molecule has 5 heteroatoms. The average molecular weight is 294 g/mol. The van der Waals surface area contributed by atoms with E-state index in [1.807, 2.05) is 7.05 Å². The molecular formula is C16H23FN2O2. The van der Waals surface area contributed by atoms with Crippen molar-refractivity contribution in [2.45, 2.75) is 25.4 Å². The second-order valence-corrected chi connectivity index (χ2v) is 5.48. The number of carbonyl (C=O) groups is 1. The second-order valence-electron chi connectivity index (χ2n) is 5.48. The van der Waals surface area contributed by atoms with Gasteiger partial charge in [-0.05, 0) is 32.5 Å². The van der Waals surface area contributed by atoms with E-state index in [-0.39, 0.29) is 17.8 Å². The quantitative estimate of drug-likeness (QED) is 0.803. The number of hydrogen-bond acceptors (Lipinski definition) is 3. The fourth-order valence-electron chi connectivity index (χ4n) is 2.73. The molecule has 1 atom stereocenters. The minimum Gasteiger partial charge on any atom is -0.383 e. The zero-order valence-electron chi connectivity index (χ0n) is 12.7. The van der Waals surface area contributed by atoms with Gasteiger partial charge in [0.2, 0.25) is 5.91 Å². The summed E-state index contributed by atoms with van der Waals surface area (Å²) < 4.78 is 18.9. The molecule has 0 radical (unpaired) electrons. The van der Waals surface area contributed by atoms with Gasteiger partial charge in [0.15, 0.2) is 0 Å². The molecule has 0 aliphatic carbocycles. The van der Waals surface area contributed by atoms with E-state index in [9.17, 15) is 9.18 Å². The number of amides is 1. The molecule has 1 aliphatic heterocycles. The highest BCUT2D eigenvalue weighted by atomic mass is 19.1. The number of nitrogens with zero attached hydrogens (tertiary/aromatic N) is 2. The summed E-state index contributed by atoms with van der Waals surface area (Å²) in [7, 11) is 3.57. The van der Waals surface area contributed by atoms with E-state index in [0.717, 1.165) is 19.4 Å². The molecule has 0 bridgehead atoms. The van der Waals surface area contributed by atoms with Crippen molar-refractivity contribution < 1.29 is 13.9 Å². The predicted octanol–water partition coefficient (Wildman–Crippen LogP) is 1.89. The number of likely N-dealkylation sites (N-methyl/N-ethyl adjacent to an activating group) is 1. The summed E-state index contributed by atoms with van der Waals surface area (Å²) >= 11 is 0. The molecule has 1 aromatic rings.